The zero-order valence-corrected chi connectivity index (χ0v) is 16.0. The van der Waals surface area contributed by atoms with E-state index in [1.165, 1.54) is 37.1 Å². The van der Waals surface area contributed by atoms with Gasteiger partial charge in [0.2, 0.25) is 5.95 Å². The highest BCUT2D eigenvalue weighted by molar-refractivity contribution is 5.63. The lowest BCUT2D eigenvalue weighted by Gasteiger charge is -2.18. The molecular formula is C21H27N5O. The molecule has 1 aromatic carbocycles. The summed E-state index contributed by atoms with van der Waals surface area (Å²) < 4.78 is 6.04. The summed E-state index contributed by atoms with van der Waals surface area (Å²) in [6.45, 7) is 5.12. The van der Waals surface area contributed by atoms with Crippen LogP contribution in [0.15, 0.2) is 18.2 Å². The molecule has 3 N–H and O–H groups in total. The molecular weight excluding hydrogens is 338 g/mol. The maximum Gasteiger partial charge on any atom is 0.229 e. The molecule has 1 saturated heterocycles. The number of nitrogens with one attached hydrogen (secondary N) is 3. The second-order valence-electron chi connectivity index (χ2n) is 8.09. The SMILES string of the molecule is CNc1cc(C)nc(Nc2cc3c(c(C4CC5CNC[C@H]5C4)c2)OCC3)n1. The van der Waals surface area contributed by atoms with Gasteiger partial charge in [0.25, 0.3) is 0 Å². The molecule has 6 heteroatoms. The highest BCUT2D eigenvalue weighted by atomic mass is 16.5. The molecule has 3 aliphatic rings. The molecule has 2 aliphatic heterocycles. The molecule has 2 aromatic rings. The Kier molecular flexibility index (Phi) is 4.16. The van der Waals surface area contributed by atoms with Gasteiger partial charge in [-0.2, -0.15) is 4.98 Å². The minimum atomic E-state index is 0.599. The maximum atomic E-state index is 6.04. The number of hydrogen-bond acceptors (Lipinski definition) is 6. The zero-order valence-electron chi connectivity index (χ0n) is 16.0. The Balaban J connectivity index is 1.46. The molecule has 0 spiro atoms. The van der Waals surface area contributed by atoms with E-state index in [4.69, 9.17) is 4.74 Å². The van der Waals surface area contributed by atoms with Gasteiger partial charge in [0.1, 0.15) is 11.6 Å². The summed E-state index contributed by atoms with van der Waals surface area (Å²) in [4.78, 5) is 9.08. The average molecular weight is 365 g/mol. The first-order chi connectivity index (χ1) is 13.2. The van der Waals surface area contributed by atoms with Crippen LogP contribution in [-0.2, 0) is 6.42 Å². The van der Waals surface area contributed by atoms with Gasteiger partial charge in [-0.15, -0.1) is 0 Å². The molecule has 1 aliphatic carbocycles. The van der Waals surface area contributed by atoms with Crippen LogP contribution in [0.3, 0.4) is 0 Å². The van der Waals surface area contributed by atoms with E-state index in [1.807, 2.05) is 20.0 Å². The van der Waals surface area contributed by atoms with Gasteiger partial charge < -0.3 is 20.7 Å². The van der Waals surface area contributed by atoms with Crippen LogP contribution in [0.25, 0.3) is 0 Å². The van der Waals surface area contributed by atoms with Crippen LogP contribution < -0.4 is 20.7 Å². The number of hydrogen-bond donors (Lipinski definition) is 3. The van der Waals surface area contributed by atoms with Gasteiger partial charge in [0, 0.05) is 30.9 Å². The fraction of sp³-hybridized carbons (Fsp3) is 0.524. The minimum Gasteiger partial charge on any atom is -0.493 e. The number of aromatic nitrogens is 2. The normalized spacial score (nSPS) is 25.8. The van der Waals surface area contributed by atoms with E-state index in [-0.39, 0.29) is 0 Å². The van der Waals surface area contributed by atoms with Crippen LogP contribution in [0.1, 0.15) is 35.6 Å². The molecule has 3 atom stereocenters. The number of anilines is 3. The van der Waals surface area contributed by atoms with Crippen molar-refractivity contribution in [1.82, 2.24) is 15.3 Å². The third-order valence-corrected chi connectivity index (χ3v) is 6.27. The first kappa shape index (κ1) is 16.8. The van der Waals surface area contributed by atoms with Crippen LogP contribution >= 0.6 is 0 Å². The molecule has 0 bridgehead atoms. The van der Waals surface area contributed by atoms with Crippen LogP contribution in [0.2, 0.25) is 0 Å². The third kappa shape index (κ3) is 3.12. The van der Waals surface area contributed by atoms with Crippen molar-refractivity contribution < 1.29 is 4.74 Å². The summed E-state index contributed by atoms with van der Waals surface area (Å²) in [6.07, 6.45) is 3.51. The smallest absolute Gasteiger partial charge is 0.229 e. The number of rotatable bonds is 4. The second kappa shape index (κ2) is 6.68. The van der Waals surface area contributed by atoms with Gasteiger partial charge in [-0.3, -0.25) is 0 Å². The second-order valence-corrected chi connectivity index (χ2v) is 8.09. The summed E-state index contributed by atoms with van der Waals surface area (Å²) in [6, 6.07) is 6.42. The molecule has 6 nitrogen and oxygen atoms in total. The lowest BCUT2D eigenvalue weighted by Crippen LogP contribution is -2.12. The van der Waals surface area contributed by atoms with Crippen LogP contribution in [0, 0.1) is 18.8 Å². The zero-order chi connectivity index (χ0) is 18.4. The average Bonchev–Trinajstić information content (AvgIpc) is 3.36. The Morgan fingerprint density at radius 3 is 2.70 bits per heavy atom. The quantitative estimate of drug-likeness (QED) is 0.773. The Morgan fingerprint density at radius 2 is 1.93 bits per heavy atom. The molecule has 5 rings (SSSR count). The lowest BCUT2D eigenvalue weighted by atomic mass is 9.92. The predicted molar refractivity (Wildman–Crippen MR) is 107 cm³/mol. The van der Waals surface area contributed by atoms with E-state index < -0.39 is 0 Å². The number of nitrogens with zero attached hydrogens (tertiary/aromatic N) is 2. The first-order valence-electron chi connectivity index (χ1n) is 10.0. The molecule has 1 saturated carbocycles. The fourth-order valence-electron chi connectivity index (χ4n) is 5.02. The van der Waals surface area contributed by atoms with Crippen molar-refractivity contribution in [3.8, 4) is 5.75 Å². The fourth-order valence-corrected chi connectivity index (χ4v) is 5.02. The topological polar surface area (TPSA) is 71.1 Å². The molecule has 142 valence electrons. The lowest BCUT2D eigenvalue weighted by molar-refractivity contribution is 0.350. The van der Waals surface area contributed by atoms with Gasteiger partial charge in [0.15, 0.2) is 0 Å². The Morgan fingerprint density at radius 1 is 1.11 bits per heavy atom. The summed E-state index contributed by atoms with van der Waals surface area (Å²) in [5.74, 6) is 4.84. The van der Waals surface area contributed by atoms with Crippen LogP contribution in [0.5, 0.6) is 5.75 Å². The van der Waals surface area contributed by atoms with Crippen molar-refractivity contribution in [1.29, 1.82) is 0 Å². The van der Waals surface area contributed by atoms with Gasteiger partial charge in [-0.05, 0) is 73.9 Å². The van der Waals surface area contributed by atoms with Crippen molar-refractivity contribution in [3.05, 3.63) is 35.0 Å². The highest BCUT2D eigenvalue weighted by Crippen LogP contribution is 2.49. The van der Waals surface area contributed by atoms with Gasteiger partial charge in [-0.25, -0.2) is 4.98 Å². The Hall–Kier alpha value is -2.34. The standard InChI is InChI=1S/C21H27N5O/c1-12-5-19(22-2)26-21(24-12)25-17-8-13-3-4-27-20(13)18(9-17)14-6-15-10-23-11-16(15)7-14/h5,8-9,14-16,23H,3-4,6-7,10-11H2,1-2H3,(H2,22,24,25,26)/t14?,15-,16?/m1/s1. The molecule has 0 radical (unpaired) electrons. The van der Waals surface area contributed by atoms with Gasteiger partial charge in [-0.1, -0.05) is 0 Å². The molecule has 2 fully saturated rings. The van der Waals surface area contributed by atoms with E-state index in [9.17, 15) is 0 Å². The van der Waals surface area contributed by atoms with Crippen molar-refractivity contribution in [2.75, 3.05) is 37.4 Å². The summed E-state index contributed by atoms with van der Waals surface area (Å²) in [7, 11) is 1.88. The van der Waals surface area contributed by atoms with E-state index in [2.05, 4.69) is 38.1 Å². The summed E-state index contributed by atoms with van der Waals surface area (Å²) in [5, 5.41) is 10.1. The number of ether oxygens (including phenoxy) is 1. The first-order valence-corrected chi connectivity index (χ1v) is 10.0. The molecule has 3 heterocycles. The van der Waals surface area contributed by atoms with E-state index >= 15 is 0 Å². The highest BCUT2D eigenvalue weighted by Gasteiger charge is 2.39. The monoisotopic (exact) mass is 365 g/mol. The van der Waals surface area contributed by atoms with Crippen molar-refractivity contribution in [3.63, 3.8) is 0 Å². The van der Waals surface area contributed by atoms with Crippen molar-refractivity contribution >= 4 is 17.5 Å². The Bertz CT molecular complexity index is 856. The predicted octanol–water partition coefficient (Wildman–Crippen LogP) is 3.22. The molecule has 2 unspecified atom stereocenters. The summed E-state index contributed by atoms with van der Waals surface area (Å²) >= 11 is 0. The van der Waals surface area contributed by atoms with Crippen LogP contribution in [-0.4, -0.2) is 36.7 Å². The van der Waals surface area contributed by atoms with Gasteiger partial charge in [0.05, 0.1) is 6.61 Å². The van der Waals surface area contributed by atoms with E-state index in [0.29, 0.717) is 11.9 Å². The van der Waals surface area contributed by atoms with E-state index in [1.54, 1.807) is 0 Å². The van der Waals surface area contributed by atoms with Gasteiger partial charge >= 0.3 is 0 Å². The third-order valence-electron chi connectivity index (χ3n) is 6.27. The minimum absolute atomic E-state index is 0.599. The van der Waals surface area contributed by atoms with E-state index in [0.717, 1.165) is 47.8 Å². The van der Waals surface area contributed by atoms with Crippen molar-refractivity contribution in [2.45, 2.75) is 32.1 Å². The van der Waals surface area contributed by atoms with Crippen LogP contribution in [0.4, 0.5) is 17.5 Å². The molecule has 0 amide bonds. The van der Waals surface area contributed by atoms with Crippen molar-refractivity contribution in [2.24, 2.45) is 11.8 Å². The number of fused-ring (bicyclic) bond motifs is 2. The molecule has 1 aromatic heterocycles. The Labute approximate surface area is 160 Å². The maximum absolute atomic E-state index is 6.04. The summed E-state index contributed by atoms with van der Waals surface area (Å²) in [5.41, 5.74) is 4.70. The largest absolute Gasteiger partial charge is 0.493 e. The molecule has 27 heavy (non-hydrogen) atoms. The number of benzene rings is 1. The number of aryl methyl sites for hydroxylation is 1.